The normalized spacial score (nSPS) is 24.0. The van der Waals surface area contributed by atoms with Crippen molar-refractivity contribution >= 4 is 50.7 Å². The summed E-state index contributed by atoms with van der Waals surface area (Å²) in [6, 6.07) is 21.3. The van der Waals surface area contributed by atoms with Crippen LogP contribution in [0.3, 0.4) is 0 Å². The van der Waals surface area contributed by atoms with Crippen LogP contribution in [0.25, 0.3) is 0 Å². The van der Waals surface area contributed by atoms with E-state index in [1.165, 1.54) is 56.0 Å². The SMILES string of the molecule is CNC(=O)C(Cc1ccccc1)N(Cc1ccc(Cl)cc1Cl)C(=O)CN(c1ccc(C23CC4CC(CC(C4)C2)C3)cc1)S(C)(=O)=O. The Kier molecular flexibility index (Phi) is 9.43. The molecule has 7 rings (SSSR count). The van der Waals surface area contributed by atoms with Gasteiger partial charge in [-0.25, -0.2) is 8.42 Å². The summed E-state index contributed by atoms with van der Waals surface area (Å²) >= 11 is 12.7. The quantitative estimate of drug-likeness (QED) is 0.247. The van der Waals surface area contributed by atoms with Crippen molar-refractivity contribution in [3.63, 3.8) is 0 Å². The molecule has 4 aliphatic carbocycles. The molecule has 244 valence electrons. The van der Waals surface area contributed by atoms with Crippen molar-refractivity contribution in [2.24, 2.45) is 17.8 Å². The van der Waals surface area contributed by atoms with E-state index < -0.39 is 28.5 Å². The molecule has 2 amide bonds. The van der Waals surface area contributed by atoms with E-state index in [0.29, 0.717) is 21.3 Å². The molecule has 3 aromatic rings. The van der Waals surface area contributed by atoms with E-state index in [4.69, 9.17) is 23.2 Å². The highest BCUT2D eigenvalue weighted by Gasteiger charge is 2.51. The van der Waals surface area contributed by atoms with Crippen molar-refractivity contribution in [2.45, 2.75) is 62.9 Å². The molecule has 7 nitrogen and oxygen atoms in total. The monoisotopic (exact) mass is 681 g/mol. The minimum Gasteiger partial charge on any atom is -0.357 e. The third kappa shape index (κ3) is 6.95. The second-order valence-electron chi connectivity index (χ2n) is 13.6. The van der Waals surface area contributed by atoms with Gasteiger partial charge in [0.25, 0.3) is 0 Å². The first-order chi connectivity index (χ1) is 21.9. The van der Waals surface area contributed by atoms with Gasteiger partial charge >= 0.3 is 0 Å². The number of nitrogens with zero attached hydrogens (tertiary/aromatic N) is 2. The molecule has 1 atom stereocenters. The first-order valence-corrected chi connectivity index (χ1v) is 18.6. The lowest BCUT2D eigenvalue weighted by Gasteiger charge is -2.57. The lowest BCUT2D eigenvalue weighted by atomic mass is 9.48. The molecule has 0 aliphatic heterocycles. The van der Waals surface area contributed by atoms with Crippen LogP contribution in [0.2, 0.25) is 10.0 Å². The molecule has 0 aromatic heterocycles. The number of sulfonamides is 1. The van der Waals surface area contributed by atoms with Gasteiger partial charge in [-0.3, -0.25) is 13.9 Å². The number of rotatable bonds is 11. The van der Waals surface area contributed by atoms with Crippen LogP contribution in [0.4, 0.5) is 5.69 Å². The van der Waals surface area contributed by atoms with Crippen LogP contribution in [0.15, 0.2) is 72.8 Å². The van der Waals surface area contributed by atoms with Crippen molar-refractivity contribution in [3.8, 4) is 0 Å². The molecular weight excluding hydrogens is 641 g/mol. The average molecular weight is 683 g/mol. The van der Waals surface area contributed by atoms with E-state index in [9.17, 15) is 18.0 Å². The highest BCUT2D eigenvalue weighted by Crippen LogP contribution is 2.60. The first-order valence-electron chi connectivity index (χ1n) is 16.0. The molecule has 1 N–H and O–H groups in total. The zero-order chi connectivity index (χ0) is 32.6. The first kappa shape index (κ1) is 32.9. The maximum absolute atomic E-state index is 14.3. The Morgan fingerprint density at radius 1 is 0.913 bits per heavy atom. The third-order valence-corrected chi connectivity index (χ3v) is 12.1. The van der Waals surface area contributed by atoms with Gasteiger partial charge in [0.05, 0.1) is 11.9 Å². The Balaban J connectivity index is 1.30. The number of hydrogen-bond donors (Lipinski definition) is 1. The number of benzene rings is 3. The molecule has 0 saturated heterocycles. The van der Waals surface area contributed by atoms with Crippen LogP contribution >= 0.6 is 23.2 Å². The fourth-order valence-corrected chi connectivity index (χ4v) is 9.93. The Bertz CT molecular complexity index is 1660. The smallest absolute Gasteiger partial charge is 0.244 e. The number of carbonyl (C=O) groups excluding carboxylic acids is 2. The van der Waals surface area contributed by atoms with Crippen LogP contribution in [0.5, 0.6) is 0 Å². The van der Waals surface area contributed by atoms with Gasteiger partial charge in [-0.1, -0.05) is 71.7 Å². The van der Waals surface area contributed by atoms with Gasteiger partial charge in [0, 0.05) is 30.1 Å². The summed E-state index contributed by atoms with van der Waals surface area (Å²) in [5.41, 5.74) is 3.32. The topological polar surface area (TPSA) is 86.8 Å². The largest absolute Gasteiger partial charge is 0.357 e. The number of nitrogens with one attached hydrogen (secondary N) is 1. The van der Waals surface area contributed by atoms with E-state index in [0.717, 1.165) is 33.9 Å². The van der Waals surface area contributed by atoms with Crippen LogP contribution < -0.4 is 9.62 Å². The Morgan fingerprint density at radius 3 is 2.07 bits per heavy atom. The van der Waals surface area contributed by atoms with Gasteiger partial charge in [0.1, 0.15) is 12.6 Å². The second kappa shape index (κ2) is 13.2. The summed E-state index contributed by atoms with van der Waals surface area (Å²) in [6.07, 6.45) is 9.00. The molecule has 4 bridgehead atoms. The molecule has 10 heteroatoms. The zero-order valence-electron chi connectivity index (χ0n) is 26.3. The Morgan fingerprint density at radius 2 is 1.52 bits per heavy atom. The molecule has 4 fully saturated rings. The third-order valence-electron chi connectivity index (χ3n) is 10.4. The summed E-state index contributed by atoms with van der Waals surface area (Å²) in [7, 11) is -2.34. The zero-order valence-corrected chi connectivity index (χ0v) is 28.6. The highest BCUT2D eigenvalue weighted by atomic mass is 35.5. The minimum absolute atomic E-state index is 0.0116. The lowest BCUT2D eigenvalue weighted by Crippen LogP contribution is -2.53. The van der Waals surface area contributed by atoms with E-state index in [-0.39, 0.29) is 24.3 Å². The van der Waals surface area contributed by atoms with Crippen LogP contribution in [0.1, 0.15) is 55.2 Å². The van der Waals surface area contributed by atoms with Crippen molar-refractivity contribution < 1.29 is 18.0 Å². The predicted octanol–water partition coefficient (Wildman–Crippen LogP) is 6.61. The maximum Gasteiger partial charge on any atom is 0.244 e. The van der Waals surface area contributed by atoms with Gasteiger partial charge in [0.15, 0.2) is 0 Å². The predicted molar refractivity (Wildman–Crippen MR) is 183 cm³/mol. The summed E-state index contributed by atoms with van der Waals surface area (Å²) in [6.45, 7) is -0.481. The molecule has 46 heavy (non-hydrogen) atoms. The standard InChI is InChI=1S/C36H41Cl2N3O4S/c1-39-35(43)33(17-24-6-4-3-5-7-24)40(22-28-8-11-30(37)18-32(28)38)34(42)23-41(46(2,44)45)31-12-9-29(10-13-31)36-19-25-14-26(20-36)16-27(15-25)21-36/h3-13,18,25-27,33H,14-17,19-23H2,1-2H3,(H,39,43). The van der Waals surface area contributed by atoms with E-state index in [2.05, 4.69) is 17.4 Å². The van der Waals surface area contributed by atoms with Gasteiger partial charge in [-0.05, 0) is 103 Å². The number of halogens is 2. The number of amides is 2. The van der Waals surface area contributed by atoms with E-state index in [1.807, 2.05) is 42.5 Å². The van der Waals surface area contributed by atoms with Gasteiger partial charge in [0.2, 0.25) is 21.8 Å². The maximum atomic E-state index is 14.3. The second-order valence-corrected chi connectivity index (χ2v) is 16.3. The molecule has 0 spiro atoms. The number of hydrogen-bond acceptors (Lipinski definition) is 4. The molecule has 0 radical (unpaired) electrons. The summed E-state index contributed by atoms with van der Waals surface area (Å²) in [5.74, 6) is 1.49. The fraction of sp³-hybridized carbons (Fsp3) is 0.444. The summed E-state index contributed by atoms with van der Waals surface area (Å²) in [4.78, 5) is 29.0. The van der Waals surface area contributed by atoms with Crippen molar-refractivity contribution in [3.05, 3.63) is 99.5 Å². The van der Waals surface area contributed by atoms with Gasteiger partial charge in [-0.2, -0.15) is 0 Å². The Hall–Kier alpha value is -3.07. The highest BCUT2D eigenvalue weighted by molar-refractivity contribution is 7.92. The molecule has 1 unspecified atom stereocenters. The van der Waals surface area contributed by atoms with E-state index >= 15 is 0 Å². The molecule has 0 heterocycles. The molecule has 4 saturated carbocycles. The number of likely N-dealkylation sites (N-methyl/N-ethyl adjacent to an activating group) is 1. The number of carbonyl (C=O) groups is 2. The van der Waals surface area contributed by atoms with Crippen LogP contribution in [-0.4, -0.2) is 51.0 Å². The summed E-state index contributed by atoms with van der Waals surface area (Å²) in [5, 5.41) is 3.48. The Labute approximate surface area is 282 Å². The summed E-state index contributed by atoms with van der Waals surface area (Å²) < 4.78 is 27.6. The van der Waals surface area contributed by atoms with Gasteiger partial charge in [-0.15, -0.1) is 0 Å². The molecule has 4 aliphatic rings. The van der Waals surface area contributed by atoms with Crippen LogP contribution in [-0.2, 0) is 38.0 Å². The number of anilines is 1. The van der Waals surface area contributed by atoms with Crippen LogP contribution in [0, 0.1) is 17.8 Å². The minimum atomic E-state index is -3.86. The van der Waals surface area contributed by atoms with Gasteiger partial charge < -0.3 is 10.2 Å². The molecule has 3 aromatic carbocycles. The van der Waals surface area contributed by atoms with Crippen molar-refractivity contribution in [1.29, 1.82) is 0 Å². The average Bonchev–Trinajstić information content (AvgIpc) is 3.01. The lowest BCUT2D eigenvalue weighted by molar-refractivity contribution is -0.139. The fourth-order valence-electron chi connectivity index (χ4n) is 8.61. The van der Waals surface area contributed by atoms with E-state index in [1.54, 1.807) is 18.2 Å². The molecular formula is C36H41Cl2N3O4S. The van der Waals surface area contributed by atoms with Crippen molar-refractivity contribution in [1.82, 2.24) is 10.2 Å². The van der Waals surface area contributed by atoms with Crippen molar-refractivity contribution in [2.75, 3.05) is 24.2 Å².